The van der Waals surface area contributed by atoms with E-state index in [1.54, 1.807) is 5.38 Å². The zero-order valence-electron chi connectivity index (χ0n) is 16.5. The molecule has 4 aromatic rings. The van der Waals surface area contributed by atoms with Gasteiger partial charge in [0, 0.05) is 23.3 Å². The van der Waals surface area contributed by atoms with Gasteiger partial charge in [0.2, 0.25) is 0 Å². The smallest absolute Gasteiger partial charge is 0.325 e. The van der Waals surface area contributed by atoms with Crippen LogP contribution in [0.4, 0.5) is 13.9 Å². The highest BCUT2D eigenvalue weighted by atomic mass is 32.2. The molecule has 4 rings (SSSR count). The molecule has 0 spiro atoms. The van der Waals surface area contributed by atoms with E-state index in [1.165, 1.54) is 24.5 Å². The molecule has 0 saturated heterocycles. The van der Waals surface area contributed by atoms with Crippen molar-refractivity contribution < 1.29 is 31.8 Å². The number of hydrogen-bond acceptors (Lipinski definition) is 7. The molecule has 0 saturated carbocycles. The largest absolute Gasteiger partial charge is 0.480 e. The number of nitrogens with zero attached hydrogens (tertiary/aromatic N) is 3. The molecular weight excluding hydrogens is 478 g/mol. The lowest BCUT2D eigenvalue weighted by molar-refractivity contribution is -0.137. The van der Waals surface area contributed by atoms with Gasteiger partial charge in [0.05, 0.1) is 10.6 Å². The third-order valence-corrected chi connectivity index (χ3v) is 6.46. The fraction of sp³-hybridized carbons (Fsp3) is 0.0500. The van der Waals surface area contributed by atoms with E-state index in [9.17, 15) is 22.0 Å². The van der Waals surface area contributed by atoms with Crippen molar-refractivity contribution in [1.82, 2.24) is 14.8 Å². The van der Waals surface area contributed by atoms with Gasteiger partial charge in [0.15, 0.2) is 16.7 Å². The molecule has 0 aliphatic heterocycles. The Balaban J connectivity index is 1.65. The van der Waals surface area contributed by atoms with Crippen LogP contribution in [0.15, 0.2) is 65.1 Å². The number of rotatable bonds is 8. The lowest BCUT2D eigenvalue weighted by Crippen LogP contribution is -2.13. The number of carboxylic acid groups (broad SMARTS) is 1. The average Bonchev–Trinajstić information content (AvgIpc) is 3.42. The summed E-state index contributed by atoms with van der Waals surface area (Å²) in [6.45, 7) is -0.481. The molecule has 2 heterocycles. The molecule has 0 aliphatic carbocycles. The van der Waals surface area contributed by atoms with Gasteiger partial charge in [0.25, 0.3) is 10.0 Å². The number of benzene rings is 2. The molecule has 9 nitrogen and oxygen atoms in total. The fourth-order valence-electron chi connectivity index (χ4n) is 2.90. The van der Waals surface area contributed by atoms with Crippen LogP contribution < -0.4 is 9.46 Å². The van der Waals surface area contributed by atoms with E-state index in [4.69, 9.17) is 9.84 Å². The zero-order valence-corrected chi connectivity index (χ0v) is 18.1. The third kappa shape index (κ3) is 4.99. The Morgan fingerprint density at radius 2 is 1.91 bits per heavy atom. The van der Waals surface area contributed by atoms with Crippen LogP contribution in [0.5, 0.6) is 11.5 Å². The first-order chi connectivity index (χ1) is 15.7. The molecule has 0 bridgehead atoms. The summed E-state index contributed by atoms with van der Waals surface area (Å²) in [6.07, 6.45) is 2.76. The maximum atomic E-state index is 14.8. The van der Waals surface area contributed by atoms with Gasteiger partial charge in [-0.05, 0) is 42.5 Å². The molecule has 2 aromatic heterocycles. The molecule has 170 valence electrons. The molecule has 0 radical (unpaired) electrons. The van der Waals surface area contributed by atoms with Gasteiger partial charge >= 0.3 is 5.97 Å². The number of carboxylic acids is 1. The molecule has 0 unspecified atom stereocenters. The Bertz CT molecular complexity index is 1420. The van der Waals surface area contributed by atoms with Gasteiger partial charge in [-0.2, -0.15) is 5.10 Å². The number of nitrogens with one attached hydrogen (secondary N) is 1. The van der Waals surface area contributed by atoms with Crippen LogP contribution in [0.1, 0.15) is 0 Å². The average molecular weight is 492 g/mol. The zero-order chi connectivity index (χ0) is 23.6. The Morgan fingerprint density at radius 3 is 2.61 bits per heavy atom. The van der Waals surface area contributed by atoms with E-state index in [-0.39, 0.29) is 32.8 Å². The van der Waals surface area contributed by atoms with E-state index in [0.29, 0.717) is 0 Å². The number of aliphatic carboxylic acids is 1. The minimum Gasteiger partial charge on any atom is -0.480 e. The summed E-state index contributed by atoms with van der Waals surface area (Å²) in [4.78, 5) is 14.6. The number of ether oxygens (including phenoxy) is 1. The Morgan fingerprint density at radius 1 is 1.12 bits per heavy atom. The minimum atomic E-state index is -4.08. The van der Waals surface area contributed by atoms with Crippen LogP contribution in [-0.4, -0.2) is 34.3 Å². The van der Waals surface area contributed by atoms with E-state index < -0.39 is 34.2 Å². The van der Waals surface area contributed by atoms with E-state index in [0.717, 1.165) is 46.4 Å². The van der Waals surface area contributed by atoms with Crippen LogP contribution in [0, 0.1) is 11.6 Å². The maximum Gasteiger partial charge on any atom is 0.325 e. The second-order valence-electron chi connectivity index (χ2n) is 6.55. The van der Waals surface area contributed by atoms with E-state index in [1.807, 2.05) is 0 Å². The Hall–Kier alpha value is -3.84. The molecule has 33 heavy (non-hydrogen) atoms. The first-order valence-electron chi connectivity index (χ1n) is 9.16. The number of carbonyl (C=O) groups is 1. The van der Waals surface area contributed by atoms with Crippen LogP contribution in [0.3, 0.4) is 0 Å². The van der Waals surface area contributed by atoms with Crippen molar-refractivity contribution in [1.29, 1.82) is 0 Å². The van der Waals surface area contributed by atoms with Crippen LogP contribution >= 0.6 is 11.3 Å². The number of aromatic nitrogens is 3. The normalized spacial score (nSPS) is 11.3. The highest BCUT2D eigenvalue weighted by Crippen LogP contribution is 2.35. The van der Waals surface area contributed by atoms with Crippen molar-refractivity contribution >= 4 is 32.5 Å². The summed E-state index contributed by atoms with van der Waals surface area (Å²) in [5.74, 6) is -3.07. The van der Waals surface area contributed by atoms with Gasteiger partial charge in [-0.3, -0.25) is 14.2 Å². The van der Waals surface area contributed by atoms with Crippen molar-refractivity contribution in [3.8, 4) is 22.8 Å². The molecule has 0 fully saturated rings. The maximum absolute atomic E-state index is 14.8. The molecular formula is C20H14F2N4O5S2. The lowest BCUT2D eigenvalue weighted by atomic mass is 10.1. The molecule has 0 aliphatic rings. The second kappa shape index (κ2) is 8.96. The molecule has 13 heteroatoms. The Labute approximate surface area is 190 Å². The first-order valence-corrected chi connectivity index (χ1v) is 11.5. The van der Waals surface area contributed by atoms with Crippen molar-refractivity contribution in [2.24, 2.45) is 0 Å². The third-order valence-electron chi connectivity index (χ3n) is 4.31. The summed E-state index contributed by atoms with van der Waals surface area (Å²) >= 11 is 1.07. The van der Waals surface area contributed by atoms with E-state index in [2.05, 4.69) is 14.8 Å². The number of sulfonamides is 1. The summed E-state index contributed by atoms with van der Waals surface area (Å²) in [5.41, 5.74) is 0.370. The number of hydrogen-bond donors (Lipinski definition) is 2. The number of thiazole rings is 1. The number of halogens is 2. The molecule has 2 N–H and O–H groups in total. The SMILES string of the molecule is O=C(O)Cn1nccc1-c1cc(F)ccc1Oc1ccc(S(=O)(=O)Nc2nccs2)cc1F. The Kier molecular flexibility index (Phi) is 6.07. The highest BCUT2D eigenvalue weighted by Gasteiger charge is 2.20. The topological polar surface area (TPSA) is 123 Å². The van der Waals surface area contributed by atoms with Gasteiger partial charge in [-0.15, -0.1) is 11.3 Å². The van der Waals surface area contributed by atoms with Crippen molar-refractivity contribution in [3.05, 3.63) is 71.9 Å². The molecule has 0 amide bonds. The summed E-state index contributed by atoms with van der Waals surface area (Å²) < 4.78 is 62.5. The van der Waals surface area contributed by atoms with Crippen molar-refractivity contribution in [2.45, 2.75) is 11.4 Å². The quantitative estimate of drug-likeness (QED) is 0.382. The minimum absolute atomic E-state index is 0.0129. The van der Waals surface area contributed by atoms with Gasteiger partial charge in [-0.25, -0.2) is 22.2 Å². The van der Waals surface area contributed by atoms with Crippen LogP contribution in [0.25, 0.3) is 11.3 Å². The fourth-order valence-corrected chi connectivity index (χ4v) is 4.70. The monoisotopic (exact) mass is 492 g/mol. The van der Waals surface area contributed by atoms with Crippen molar-refractivity contribution in [3.63, 3.8) is 0 Å². The van der Waals surface area contributed by atoms with Crippen molar-refractivity contribution in [2.75, 3.05) is 4.72 Å². The van der Waals surface area contributed by atoms with Gasteiger partial charge in [-0.1, -0.05) is 0 Å². The predicted octanol–water partition coefficient (Wildman–Crippen LogP) is 3.96. The van der Waals surface area contributed by atoms with Crippen LogP contribution in [-0.2, 0) is 21.4 Å². The molecule has 2 aromatic carbocycles. The summed E-state index contributed by atoms with van der Waals surface area (Å²) in [6, 6.07) is 7.94. The van der Waals surface area contributed by atoms with E-state index >= 15 is 0 Å². The molecule has 0 atom stereocenters. The number of anilines is 1. The van der Waals surface area contributed by atoms with Gasteiger partial charge < -0.3 is 9.84 Å². The highest BCUT2D eigenvalue weighted by molar-refractivity contribution is 7.93. The summed E-state index contributed by atoms with van der Waals surface area (Å²) in [7, 11) is -4.08. The second-order valence-corrected chi connectivity index (χ2v) is 9.12. The standard InChI is InChI=1S/C20H14F2N4O5S2/c21-12-1-3-17(14(9-12)16-5-6-24-26(16)11-19(27)28)31-18-4-2-13(10-15(18)22)33(29,30)25-20-23-7-8-32-20/h1-10H,11H2,(H,23,25)(H,27,28). The first kappa shape index (κ1) is 22.4. The predicted molar refractivity (Wildman–Crippen MR) is 115 cm³/mol. The van der Waals surface area contributed by atoms with Crippen LogP contribution in [0.2, 0.25) is 0 Å². The van der Waals surface area contributed by atoms with Gasteiger partial charge in [0.1, 0.15) is 18.1 Å². The lowest BCUT2D eigenvalue weighted by Gasteiger charge is -2.14. The summed E-state index contributed by atoms with van der Waals surface area (Å²) in [5, 5.41) is 14.7.